The number of ether oxygens (including phenoxy) is 1. The second kappa shape index (κ2) is 10.6. The zero-order valence-corrected chi connectivity index (χ0v) is 19.0. The fraction of sp³-hybridized carbons (Fsp3) is 0.348. The van der Waals surface area contributed by atoms with Gasteiger partial charge in [-0.25, -0.2) is 8.42 Å². The number of benzene rings is 2. The van der Waals surface area contributed by atoms with Crippen LogP contribution in [0.1, 0.15) is 17.5 Å². The van der Waals surface area contributed by atoms with Crippen LogP contribution in [0.15, 0.2) is 53.3 Å². The number of nitrogens with one attached hydrogen (secondary N) is 3. The minimum absolute atomic E-state index is 0.138. The van der Waals surface area contributed by atoms with Gasteiger partial charge in [-0.2, -0.15) is 0 Å². The first-order valence-corrected chi connectivity index (χ1v) is 12.3. The first-order chi connectivity index (χ1) is 15.2. The maximum atomic E-state index is 11.6. The molecule has 0 bridgehead atoms. The summed E-state index contributed by atoms with van der Waals surface area (Å²) >= 11 is 0. The highest BCUT2D eigenvalue weighted by Gasteiger charge is 2.09. The van der Waals surface area contributed by atoms with E-state index in [1.807, 2.05) is 31.2 Å². The Morgan fingerprint density at radius 3 is 2.56 bits per heavy atom. The molecular weight excluding hydrogens is 430 g/mol. The molecule has 0 amide bonds. The van der Waals surface area contributed by atoms with Gasteiger partial charge in [0.2, 0.25) is 15.6 Å². The van der Waals surface area contributed by atoms with Gasteiger partial charge in [-0.1, -0.05) is 18.2 Å². The SMILES string of the molecule is Cc1ccc(OCC(O)CNCCCc2ccc(NS(C)(=O)=O)cc2)c2ccc(=O)[nH]c12. The molecule has 2 aromatic carbocycles. The molecule has 0 aliphatic heterocycles. The van der Waals surface area contributed by atoms with Crippen molar-refractivity contribution in [1.82, 2.24) is 10.3 Å². The summed E-state index contributed by atoms with van der Waals surface area (Å²) in [7, 11) is -3.27. The van der Waals surface area contributed by atoms with Crippen LogP contribution in [-0.4, -0.2) is 50.6 Å². The minimum Gasteiger partial charge on any atom is -0.490 e. The Labute approximate surface area is 187 Å². The number of fused-ring (bicyclic) bond motifs is 1. The Hall–Kier alpha value is -2.88. The Morgan fingerprint density at radius 2 is 1.84 bits per heavy atom. The van der Waals surface area contributed by atoms with Gasteiger partial charge in [0.1, 0.15) is 18.5 Å². The maximum Gasteiger partial charge on any atom is 0.248 e. The molecule has 0 spiro atoms. The van der Waals surface area contributed by atoms with Crippen LogP contribution in [0.2, 0.25) is 0 Å². The molecule has 1 heterocycles. The van der Waals surface area contributed by atoms with Gasteiger partial charge in [0.05, 0.1) is 11.8 Å². The van der Waals surface area contributed by atoms with Crippen LogP contribution in [-0.2, 0) is 16.4 Å². The van der Waals surface area contributed by atoms with Crippen LogP contribution in [0.5, 0.6) is 5.75 Å². The largest absolute Gasteiger partial charge is 0.490 e. The van der Waals surface area contributed by atoms with Gasteiger partial charge in [-0.3, -0.25) is 9.52 Å². The molecule has 0 radical (unpaired) electrons. The van der Waals surface area contributed by atoms with E-state index >= 15 is 0 Å². The van der Waals surface area contributed by atoms with Crippen molar-refractivity contribution in [2.75, 3.05) is 30.7 Å². The van der Waals surface area contributed by atoms with Crippen molar-refractivity contribution in [1.29, 1.82) is 0 Å². The summed E-state index contributed by atoms with van der Waals surface area (Å²) in [6.45, 7) is 3.19. The molecule has 1 atom stereocenters. The fourth-order valence-electron chi connectivity index (χ4n) is 3.38. The van der Waals surface area contributed by atoms with Crippen molar-refractivity contribution in [3.05, 3.63) is 70.0 Å². The lowest BCUT2D eigenvalue weighted by Crippen LogP contribution is -2.32. The average molecular weight is 460 g/mol. The summed E-state index contributed by atoms with van der Waals surface area (Å²) in [6.07, 6.45) is 2.17. The van der Waals surface area contributed by atoms with E-state index in [0.717, 1.165) is 47.7 Å². The van der Waals surface area contributed by atoms with Crippen LogP contribution in [0, 0.1) is 6.92 Å². The smallest absolute Gasteiger partial charge is 0.248 e. The first-order valence-electron chi connectivity index (χ1n) is 10.4. The molecule has 32 heavy (non-hydrogen) atoms. The van der Waals surface area contributed by atoms with Crippen LogP contribution in [0.25, 0.3) is 10.9 Å². The topological polar surface area (TPSA) is 121 Å². The third-order valence-electron chi connectivity index (χ3n) is 4.95. The number of rotatable bonds is 11. The summed E-state index contributed by atoms with van der Waals surface area (Å²) in [5, 5.41) is 14.2. The summed E-state index contributed by atoms with van der Waals surface area (Å²) < 4.78 is 30.7. The monoisotopic (exact) mass is 459 g/mol. The van der Waals surface area contributed by atoms with Gasteiger partial charge in [0, 0.05) is 23.7 Å². The van der Waals surface area contributed by atoms with Gasteiger partial charge >= 0.3 is 0 Å². The number of sulfonamides is 1. The molecule has 1 aromatic heterocycles. The molecule has 0 saturated heterocycles. The van der Waals surface area contributed by atoms with Crippen molar-refractivity contribution in [2.24, 2.45) is 0 Å². The van der Waals surface area contributed by atoms with Crippen molar-refractivity contribution in [3.8, 4) is 5.75 Å². The van der Waals surface area contributed by atoms with Crippen LogP contribution >= 0.6 is 0 Å². The Bertz CT molecular complexity index is 1210. The summed E-state index contributed by atoms with van der Waals surface area (Å²) in [5.41, 5.74) is 3.18. The lowest BCUT2D eigenvalue weighted by Gasteiger charge is -2.15. The van der Waals surface area contributed by atoms with E-state index in [0.29, 0.717) is 18.0 Å². The normalized spacial score (nSPS) is 12.6. The van der Waals surface area contributed by atoms with E-state index in [9.17, 15) is 18.3 Å². The number of aromatic amines is 1. The Morgan fingerprint density at radius 1 is 1.09 bits per heavy atom. The molecule has 8 nitrogen and oxygen atoms in total. The molecule has 9 heteroatoms. The molecule has 0 aliphatic carbocycles. The van der Waals surface area contributed by atoms with Gasteiger partial charge < -0.3 is 20.1 Å². The van der Waals surface area contributed by atoms with Crippen LogP contribution in [0.3, 0.4) is 0 Å². The third-order valence-corrected chi connectivity index (χ3v) is 5.56. The fourth-order valence-corrected chi connectivity index (χ4v) is 3.94. The highest BCUT2D eigenvalue weighted by molar-refractivity contribution is 7.92. The average Bonchev–Trinajstić information content (AvgIpc) is 2.73. The third kappa shape index (κ3) is 7.08. The Balaban J connectivity index is 1.39. The molecule has 0 saturated carbocycles. The zero-order valence-electron chi connectivity index (χ0n) is 18.2. The minimum atomic E-state index is -3.27. The number of hydrogen-bond acceptors (Lipinski definition) is 6. The predicted octanol–water partition coefficient (Wildman–Crippen LogP) is 2.17. The van der Waals surface area contributed by atoms with Crippen molar-refractivity contribution in [3.63, 3.8) is 0 Å². The molecule has 0 fully saturated rings. The number of pyridine rings is 1. The molecule has 3 aromatic rings. The molecule has 4 N–H and O–H groups in total. The number of aromatic nitrogens is 1. The molecule has 1 unspecified atom stereocenters. The second-order valence-corrected chi connectivity index (χ2v) is 9.58. The number of anilines is 1. The summed E-state index contributed by atoms with van der Waals surface area (Å²) in [6, 6.07) is 14.2. The van der Waals surface area contributed by atoms with E-state index in [1.54, 1.807) is 18.2 Å². The predicted molar refractivity (Wildman–Crippen MR) is 127 cm³/mol. The van der Waals surface area contributed by atoms with Gasteiger partial charge in [0.25, 0.3) is 0 Å². The summed E-state index contributed by atoms with van der Waals surface area (Å²) in [5.74, 6) is 0.620. The highest BCUT2D eigenvalue weighted by atomic mass is 32.2. The number of aliphatic hydroxyl groups excluding tert-OH is 1. The van der Waals surface area contributed by atoms with Crippen LogP contribution in [0.4, 0.5) is 5.69 Å². The maximum absolute atomic E-state index is 11.6. The van der Waals surface area contributed by atoms with Crippen molar-refractivity contribution in [2.45, 2.75) is 25.9 Å². The van der Waals surface area contributed by atoms with E-state index < -0.39 is 16.1 Å². The molecule has 172 valence electrons. The second-order valence-electron chi connectivity index (χ2n) is 7.84. The van der Waals surface area contributed by atoms with Crippen LogP contribution < -0.4 is 20.3 Å². The molecular formula is C23H29N3O5S. The standard InChI is InChI=1S/C23H29N3O5S/c1-16-5-11-21(20-10-12-22(28)25-23(16)20)31-15-19(27)14-24-13-3-4-17-6-8-18(9-7-17)26-32(2,29)30/h5-12,19,24,26-27H,3-4,13-15H2,1-2H3,(H,25,28). The highest BCUT2D eigenvalue weighted by Crippen LogP contribution is 2.26. The quantitative estimate of drug-likeness (QED) is 0.326. The number of aryl methyl sites for hydroxylation is 2. The number of hydrogen-bond donors (Lipinski definition) is 4. The zero-order chi connectivity index (χ0) is 23.1. The van der Waals surface area contributed by atoms with E-state index in [2.05, 4.69) is 15.0 Å². The lowest BCUT2D eigenvalue weighted by atomic mass is 10.1. The first kappa shape index (κ1) is 23.8. The van der Waals surface area contributed by atoms with E-state index in [4.69, 9.17) is 4.74 Å². The molecule has 0 aliphatic rings. The lowest BCUT2D eigenvalue weighted by molar-refractivity contribution is 0.107. The van der Waals surface area contributed by atoms with Gasteiger partial charge in [-0.05, 0) is 61.7 Å². The molecule has 3 rings (SSSR count). The van der Waals surface area contributed by atoms with Crippen molar-refractivity contribution >= 4 is 26.6 Å². The number of H-pyrrole nitrogens is 1. The van der Waals surface area contributed by atoms with E-state index in [-0.39, 0.29) is 12.2 Å². The summed E-state index contributed by atoms with van der Waals surface area (Å²) in [4.78, 5) is 14.4. The number of aliphatic hydroxyl groups is 1. The van der Waals surface area contributed by atoms with Gasteiger partial charge in [0.15, 0.2) is 0 Å². The Kier molecular flexibility index (Phi) is 7.89. The van der Waals surface area contributed by atoms with Gasteiger partial charge in [-0.15, -0.1) is 0 Å². The van der Waals surface area contributed by atoms with E-state index in [1.165, 1.54) is 6.07 Å². The van der Waals surface area contributed by atoms with Crippen molar-refractivity contribution < 1.29 is 18.3 Å².